The first-order chi connectivity index (χ1) is 12.2. The Labute approximate surface area is 152 Å². The van der Waals surface area contributed by atoms with Gasteiger partial charge in [-0.25, -0.2) is 22.3 Å². The van der Waals surface area contributed by atoms with Gasteiger partial charge in [0.25, 0.3) is 0 Å². The molecule has 2 N–H and O–H groups in total. The lowest BCUT2D eigenvalue weighted by Gasteiger charge is -2.35. The summed E-state index contributed by atoms with van der Waals surface area (Å²) in [7, 11) is -3.32. The number of anilines is 1. The van der Waals surface area contributed by atoms with E-state index in [1.54, 1.807) is 6.92 Å². The number of hydrogen-bond donors (Lipinski definition) is 2. The van der Waals surface area contributed by atoms with Crippen LogP contribution in [0.5, 0.6) is 0 Å². The lowest BCUT2D eigenvalue weighted by Crippen LogP contribution is -2.52. The van der Waals surface area contributed by atoms with Crippen molar-refractivity contribution in [1.29, 1.82) is 0 Å². The van der Waals surface area contributed by atoms with Crippen molar-refractivity contribution in [2.24, 2.45) is 0 Å². The van der Waals surface area contributed by atoms with Crippen LogP contribution in [0, 0.1) is 5.82 Å². The van der Waals surface area contributed by atoms with Crippen LogP contribution in [0.1, 0.15) is 38.8 Å². The summed E-state index contributed by atoms with van der Waals surface area (Å²) in [5.74, 6) is -0.0126. The fourth-order valence-corrected chi connectivity index (χ4v) is 4.25. The number of nitrogens with one attached hydrogen (secondary N) is 1. The van der Waals surface area contributed by atoms with Crippen molar-refractivity contribution in [3.05, 3.63) is 23.8 Å². The molecule has 3 rings (SSSR count). The number of nitrogens with zero attached hydrogens (tertiary/aromatic N) is 4. The molecule has 0 saturated carbocycles. The van der Waals surface area contributed by atoms with Gasteiger partial charge in [-0.3, -0.25) is 0 Å². The molecule has 10 heteroatoms. The summed E-state index contributed by atoms with van der Waals surface area (Å²) in [6.45, 7) is 5.83. The van der Waals surface area contributed by atoms with E-state index in [9.17, 15) is 17.9 Å². The summed E-state index contributed by atoms with van der Waals surface area (Å²) in [4.78, 5) is 4.13. The number of fused-ring (bicyclic) bond motifs is 1. The van der Waals surface area contributed by atoms with Crippen molar-refractivity contribution in [3.63, 3.8) is 0 Å². The predicted molar refractivity (Wildman–Crippen MR) is 96.1 cm³/mol. The number of hydrogen-bond acceptors (Lipinski definition) is 6. The number of piperidine rings is 1. The Bertz CT molecular complexity index is 899. The molecule has 0 aromatic carbocycles. The van der Waals surface area contributed by atoms with E-state index < -0.39 is 16.1 Å². The molecule has 0 unspecified atom stereocenters. The molecule has 0 aliphatic carbocycles. The third-order valence-corrected chi connectivity index (χ3v) is 6.55. The maximum Gasteiger partial charge on any atom is 0.241 e. The molecule has 144 valence electrons. The highest BCUT2D eigenvalue weighted by atomic mass is 32.2. The van der Waals surface area contributed by atoms with Crippen molar-refractivity contribution < 1.29 is 17.9 Å². The fourth-order valence-electron chi connectivity index (χ4n) is 3.13. The topological polar surface area (TPSA) is 99.8 Å². The van der Waals surface area contributed by atoms with Gasteiger partial charge in [-0.1, -0.05) is 13.8 Å². The summed E-state index contributed by atoms with van der Waals surface area (Å²) in [5, 5.41) is 17.7. The number of sulfonamides is 1. The maximum atomic E-state index is 14.0. The van der Waals surface area contributed by atoms with E-state index in [2.05, 4.69) is 15.4 Å². The van der Waals surface area contributed by atoms with Crippen LogP contribution in [0.15, 0.2) is 12.3 Å². The van der Waals surface area contributed by atoms with Crippen molar-refractivity contribution in [3.8, 4) is 0 Å². The van der Waals surface area contributed by atoms with Crippen molar-refractivity contribution in [2.45, 2.75) is 45.3 Å². The molecule has 1 aliphatic heterocycles. The molecule has 26 heavy (non-hydrogen) atoms. The van der Waals surface area contributed by atoms with Crippen LogP contribution in [0.25, 0.3) is 5.52 Å². The first-order valence-corrected chi connectivity index (χ1v) is 10.3. The smallest absolute Gasteiger partial charge is 0.241 e. The van der Waals surface area contributed by atoms with E-state index in [0.717, 1.165) is 5.69 Å². The van der Waals surface area contributed by atoms with Gasteiger partial charge < -0.3 is 10.4 Å². The molecular weight excluding hydrogens is 361 g/mol. The minimum absolute atomic E-state index is 0.00870. The zero-order chi connectivity index (χ0) is 19.1. The van der Waals surface area contributed by atoms with Gasteiger partial charge in [0, 0.05) is 18.8 Å². The number of aromatic nitrogens is 3. The van der Waals surface area contributed by atoms with Gasteiger partial charge in [-0.15, -0.1) is 5.10 Å². The maximum absolute atomic E-state index is 14.0. The number of aliphatic hydroxyl groups excluding tert-OH is 1. The fraction of sp³-hybridized carbons (Fsp3) is 0.625. The third kappa shape index (κ3) is 3.53. The van der Waals surface area contributed by atoms with Gasteiger partial charge in [-0.05, 0) is 25.3 Å². The lowest BCUT2D eigenvalue weighted by atomic mass is 10.0. The highest BCUT2D eigenvalue weighted by Gasteiger charge is 2.33. The van der Waals surface area contributed by atoms with Crippen LogP contribution in [-0.2, 0) is 10.0 Å². The van der Waals surface area contributed by atoms with E-state index in [1.807, 2.05) is 13.8 Å². The summed E-state index contributed by atoms with van der Waals surface area (Å²) in [6, 6.07) is 1.07. The number of β-amino-alcohol motifs (C(OH)–C–C–N with tert-alkyl or cyclic N) is 1. The van der Waals surface area contributed by atoms with Crippen LogP contribution in [0.4, 0.5) is 10.3 Å². The lowest BCUT2D eigenvalue weighted by molar-refractivity contribution is 0.0948. The second kappa shape index (κ2) is 7.09. The van der Waals surface area contributed by atoms with Crippen molar-refractivity contribution in [2.75, 3.05) is 24.2 Å². The molecule has 2 aromatic rings. The van der Waals surface area contributed by atoms with E-state index in [1.165, 1.54) is 21.1 Å². The highest BCUT2D eigenvalue weighted by molar-refractivity contribution is 7.89. The zero-order valence-corrected chi connectivity index (χ0v) is 15.9. The number of aliphatic hydroxyl groups is 1. The van der Waals surface area contributed by atoms with E-state index >= 15 is 0 Å². The van der Waals surface area contributed by atoms with Crippen LogP contribution in [0.3, 0.4) is 0 Å². The van der Waals surface area contributed by atoms with E-state index in [-0.39, 0.29) is 36.0 Å². The Kier molecular flexibility index (Phi) is 5.18. The Morgan fingerprint density at radius 3 is 2.81 bits per heavy atom. The zero-order valence-electron chi connectivity index (χ0n) is 15.1. The van der Waals surface area contributed by atoms with Gasteiger partial charge in [0.2, 0.25) is 16.0 Å². The molecule has 0 amide bonds. The largest absolute Gasteiger partial charge is 0.390 e. The van der Waals surface area contributed by atoms with Crippen LogP contribution in [-0.4, -0.2) is 63.4 Å². The molecule has 0 radical (unpaired) electrons. The molecule has 1 saturated heterocycles. The minimum Gasteiger partial charge on any atom is -0.390 e. The Morgan fingerprint density at radius 1 is 1.46 bits per heavy atom. The second-order valence-electron chi connectivity index (χ2n) is 6.82. The monoisotopic (exact) mass is 385 g/mol. The Morgan fingerprint density at radius 2 is 2.19 bits per heavy atom. The van der Waals surface area contributed by atoms with Crippen LogP contribution < -0.4 is 5.32 Å². The minimum atomic E-state index is -3.32. The SMILES string of the molecule is CCS(=O)(=O)N1CC[C@@H](Nc2ncc3c(F)cc(C(C)C)n3n2)[C@H](O)C1. The van der Waals surface area contributed by atoms with Crippen molar-refractivity contribution in [1.82, 2.24) is 18.9 Å². The third-order valence-electron chi connectivity index (χ3n) is 4.70. The van der Waals surface area contributed by atoms with Gasteiger partial charge >= 0.3 is 0 Å². The molecule has 8 nitrogen and oxygen atoms in total. The van der Waals surface area contributed by atoms with E-state index in [0.29, 0.717) is 18.5 Å². The van der Waals surface area contributed by atoms with Crippen LogP contribution in [0.2, 0.25) is 0 Å². The average Bonchev–Trinajstić information content (AvgIpc) is 2.93. The van der Waals surface area contributed by atoms with Gasteiger partial charge in [0.05, 0.1) is 24.1 Å². The highest BCUT2D eigenvalue weighted by Crippen LogP contribution is 2.22. The molecule has 2 atom stereocenters. The normalized spacial score (nSPS) is 22.2. The van der Waals surface area contributed by atoms with Gasteiger partial charge in [-0.2, -0.15) is 4.31 Å². The summed E-state index contributed by atoms with van der Waals surface area (Å²) in [6.07, 6.45) is 0.953. The molecular formula is C16H24FN5O3S. The quantitative estimate of drug-likeness (QED) is 0.802. The Hall–Kier alpha value is -1.78. The first-order valence-electron chi connectivity index (χ1n) is 8.69. The molecule has 2 aromatic heterocycles. The number of rotatable bonds is 5. The van der Waals surface area contributed by atoms with Crippen LogP contribution >= 0.6 is 0 Å². The summed E-state index contributed by atoms with van der Waals surface area (Å²) < 4.78 is 40.7. The van der Waals surface area contributed by atoms with E-state index in [4.69, 9.17) is 0 Å². The standard InChI is InChI=1S/C16H24FN5O3S/c1-4-26(24,25)21-6-5-12(15(23)9-21)19-16-18-8-14-11(17)7-13(10(2)3)22(14)20-16/h7-8,10,12,15,23H,4-6,9H2,1-3H3,(H,19,20)/t12-,15-/m1/s1. The molecule has 1 fully saturated rings. The number of halogens is 1. The predicted octanol–water partition coefficient (Wildman–Crippen LogP) is 1.19. The molecule has 0 spiro atoms. The molecule has 1 aliphatic rings. The van der Waals surface area contributed by atoms with Gasteiger partial charge in [0.1, 0.15) is 5.52 Å². The molecule has 0 bridgehead atoms. The average molecular weight is 385 g/mol. The second-order valence-corrected chi connectivity index (χ2v) is 9.07. The van der Waals surface area contributed by atoms with Crippen molar-refractivity contribution >= 4 is 21.5 Å². The Balaban J connectivity index is 1.78. The summed E-state index contributed by atoms with van der Waals surface area (Å²) in [5.41, 5.74) is 1.02. The molecule has 3 heterocycles. The first kappa shape index (κ1) is 19.0. The summed E-state index contributed by atoms with van der Waals surface area (Å²) >= 11 is 0. The van der Waals surface area contributed by atoms with Gasteiger partial charge in [0.15, 0.2) is 5.82 Å².